The number of halogens is 1. The van der Waals surface area contributed by atoms with Crippen molar-refractivity contribution < 1.29 is 4.39 Å². The Kier molecular flexibility index (Phi) is 3.05. The number of hydrogen-bond acceptors (Lipinski definition) is 2. The molecular formula is C18H16FN3. The van der Waals surface area contributed by atoms with E-state index in [0.717, 1.165) is 24.5 Å². The largest absolute Gasteiger partial charge is 0.298 e. The molecule has 1 aliphatic rings. The van der Waals surface area contributed by atoms with Crippen LogP contribution in [0.1, 0.15) is 11.1 Å². The molecule has 4 rings (SSSR count). The molecule has 22 heavy (non-hydrogen) atoms. The summed E-state index contributed by atoms with van der Waals surface area (Å²) >= 11 is 0. The Balaban J connectivity index is 1.81. The van der Waals surface area contributed by atoms with Gasteiger partial charge in [0.1, 0.15) is 5.82 Å². The maximum Gasteiger partial charge on any atom is 0.132 e. The minimum atomic E-state index is -0.231. The van der Waals surface area contributed by atoms with Crippen LogP contribution in [0.4, 0.5) is 4.39 Å². The molecule has 110 valence electrons. The van der Waals surface area contributed by atoms with Crippen molar-refractivity contribution in [2.24, 2.45) is 0 Å². The van der Waals surface area contributed by atoms with Gasteiger partial charge < -0.3 is 0 Å². The third kappa shape index (κ3) is 2.12. The van der Waals surface area contributed by atoms with E-state index in [1.54, 1.807) is 23.0 Å². The van der Waals surface area contributed by atoms with E-state index >= 15 is 0 Å². The van der Waals surface area contributed by atoms with Crippen LogP contribution in [0.15, 0.2) is 54.7 Å². The van der Waals surface area contributed by atoms with Gasteiger partial charge in [-0.15, -0.1) is 0 Å². The molecule has 4 heteroatoms. The van der Waals surface area contributed by atoms with E-state index in [1.807, 2.05) is 12.1 Å². The van der Waals surface area contributed by atoms with Crippen LogP contribution in [0.5, 0.6) is 0 Å². The molecule has 0 N–H and O–H groups in total. The Morgan fingerprint density at radius 3 is 2.68 bits per heavy atom. The zero-order valence-electron chi connectivity index (χ0n) is 12.3. The molecule has 0 bridgehead atoms. The zero-order chi connectivity index (χ0) is 15.1. The van der Waals surface area contributed by atoms with Crippen LogP contribution in [0.25, 0.3) is 16.9 Å². The lowest BCUT2D eigenvalue weighted by molar-refractivity contribution is 0.353. The molecule has 0 fully saturated rings. The molecule has 0 unspecified atom stereocenters. The lowest BCUT2D eigenvalue weighted by atomic mass is 10.1. The van der Waals surface area contributed by atoms with Gasteiger partial charge in [0.25, 0.3) is 0 Å². The quantitative estimate of drug-likeness (QED) is 0.719. The lowest BCUT2D eigenvalue weighted by Gasteiger charge is -2.10. The number of aromatic nitrogens is 2. The van der Waals surface area contributed by atoms with Crippen molar-refractivity contribution in [3.05, 3.63) is 71.7 Å². The fourth-order valence-electron chi connectivity index (χ4n) is 3.06. The van der Waals surface area contributed by atoms with Crippen molar-refractivity contribution in [3.8, 4) is 16.9 Å². The van der Waals surface area contributed by atoms with Crippen LogP contribution in [0.2, 0.25) is 0 Å². The summed E-state index contributed by atoms with van der Waals surface area (Å²) in [4.78, 5) is 2.27. The average Bonchev–Trinajstić information content (AvgIpc) is 3.12. The standard InChI is InChI=1S/C18H16FN3/c1-21-11-13-6-7-15(10-14(13)12-21)22-18(8-9-20-22)16-4-2-3-5-17(16)19/h2-10H,11-12H2,1H3. The first-order valence-corrected chi connectivity index (χ1v) is 7.32. The van der Waals surface area contributed by atoms with E-state index in [-0.39, 0.29) is 5.82 Å². The molecule has 0 spiro atoms. The third-order valence-corrected chi connectivity index (χ3v) is 4.11. The van der Waals surface area contributed by atoms with Gasteiger partial charge in [-0.3, -0.25) is 4.90 Å². The first-order chi connectivity index (χ1) is 10.7. The minimum Gasteiger partial charge on any atom is -0.298 e. The highest BCUT2D eigenvalue weighted by molar-refractivity contribution is 5.62. The molecule has 0 aliphatic carbocycles. The summed E-state index contributed by atoms with van der Waals surface area (Å²) in [7, 11) is 2.11. The molecule has 3 nitrogen and oxygen atoms in total. The van der Waals surface area contributed by atoms with Crippen LogP contribution in [-0.4, -0.2) is 21.7 Å². The first-order valence-electron chi connectivity index (χ1n) is 7.32. The molecule has 1 aliphatic heterocycles. The Labute approximate surface area is 128 Å². The second-order valence-electron chi connectivity index (χ2n) is 5.73. The molecule has 0 saturated carbocycles. The van der Waals surface area contributed by atoms with Gasteiger partial charge in [-0.1, -0.05) is 18.2 Å². The number of nitrogens with zero attached hydrogens (tertiary/aromatic N) is 3. The second-order valence-corrected chi connectivity index (χ2v) is 5.73. The van der Waals surface area contributed by atoms with Crippen molar-refractivity contribution in [1.82, 2.24) is 14.7 Å². The van der Waals surface area contributed by atoms with Crippen LogP contribution in [0, 0.1) is 5.82 Å². The summed E-state index contributed by atoms with van der Waals surface area (Å²) < 4.78 is 15.9. The van der Waals surface area contributed by atoms with Gasteiger partial charge in [0, 0.05) is 18.7 Å². The summed E-state index contributed by atoms with van der Waals surface area (Å²) in [6, 6.07) is 15.0. The Morgan fingerprint density at radius 1 is 1.00 bits per heavy atom. The topological polar surface area (TPSA) is 21.1 Å². The van der Waals surface area contributed by atoms with E-state index < -0.39 is 0 Å². The van der Waals surface area contributed by atoms with Crippen molar-refractivity contribution in [1.29, 1.82) is 0 Å². The molecule has 0 saturated heterocycles. The second kappa shape index (κ2) is 5.07. The fourth-order valence-corrected chi connectivity index (χ4v) is 3.06. The maximum absolute atomic E-state index is 14.1. The van der Waals surface area contributed by atoms with Crippen LogP contribution in [0.3, 0.4) is 0 Å². The number of hydrogen-bond donors (Lipinski definition) is 0. The van der Waals surface area contributed by atoms with Gasteiger partial charge in [-0.2, -0.15) is 5.10 Å². The van der Waals surface area contributed by atoms with Gasteiger partial charge >= 0.3 is 0 Å². The van der Waals surface area contributed by atoms with Crippen molar-refractivity contribution in [3.63, 3.8) is 0 Å². The van der Waals surface area contributed by atoms with Gasteiger partial charge in [0.05, 0.1) is 17.6 Å². The lowest BCUT2D eigenvalue weighted by Crippen LogP contribution is -2.07. The van der Waals surface area contributed by atoms with Crippen LogP contribution in [-0.2, 0) is 13.1 Å². The van der Waals surface area contributed by atoms with Gasteiger partial charge in [-0.05, 0) is 48.5 Å². The van der Waals surface area contributed by atoms with Gasteiger partial charge in [0.2, 0.25) is 0 Å². The molecule has 0 radical (unpaired) electrons. The van der Waals surface area contributed by atoms with Crippen molar-refractivity contribution >= 4 is 0 Å². The predicted molar refractivity (Wildman–Crippen MR) is 84.1 cm³/mol. The van der Waals surface area contributed by atoms with Crippen LogP contribution >= 0.6 is 0 Å². The van der Waals surface area contributed by atoms with E-state index in [2.05, 4.69) is 35.2 Å². The Hall–Kier alpha value is -2.46. The van der Waals surface area contributed by atoms with E-state index in [0.29, 0.717) is 5.56 Å². The van der Waals surface area contributed by atoms with E-state index in [4.69, 9.17) is 0 Å². The highest BCUT2D eigenvalue weighted by Crippen LogP contribution is 2.28. The van der Waals surface area contributed by atoms with Crippen molar-refractivity contribution in [2.75, 3.05) is 7.05 Å². The molecule has 0 amide bonds. The number of fused-ring (bicyclic) bond motifs is 1. The number of benzene rings is 2. The fraction of sp³-hybridized carbons (Fsp3) is 0.167. The Morgan fingerprint density at radius 2 is 1.82 bits per heavy atom. The summed E-state index contributed by atoms with van der Waals surface area (Å²) in [6.45, 7) is 1.92. The van der Waals surface area contributed by atoms with Crippen LogP contribution < -0.4 is 0 Å². The maximum atomic E-state index is 14.1. The molecule has 2 heterocycles. The van der Waals surface area contributed by atoms with Gasteiger partial charge in [-0.25, -0.2) is 9.07 Å². The summed E-state index contributed by atoms with van der Waals surface area (Å²) in [5.74, 6) is -0.231. The SMILES string of the molecule is CN1Cc2ccc(-n3nccc3-c3ccccc3F)cc2C1. The third-order valence-electron chi connectivity index (χ3n) is 4.11. The molecular weight excluding hydrogens is 277 g/mol. The number of rotatable bonds is 2. The summed E-state index contributed by atoms with van der Waals surface area (Å²) in [5, 5.41) is 4.38. The van der Waals surface area contributed by atoms with E-state index in [9.17, 15) is 4.39 Å². The monoisotopic (exact) mass is 293 g/mol. The highest BCUT2D eigenvalue weighted by Gasteiger charge is 2.17. The minimum absolute atomic E-state index is 0.231. The van der Waals surface area contributed by atoms with Gasteiger partial charge in [0.15, 0.2) is 0 Å². The summed E-state index contributed by atoms with van der Waals surface area (Å²) in [6.07, 6.45) is 1.71. The zero-order valence-corrected chi connectivity index (χ0v) is 12.3. The molecule has 2 aromatic carbocycles. The summed E-state index contributed by atoms with van der Waals surface area (Å²) in [5.41, 5.74) is 4.97. The normalized spacial score (nSPS) is 14.3. The Bertz CT molecular complexity index is 838. The smallest absolute Gasteiger partial charge is 0.132 e. The predicted octanol–water partition coefficient (Wildman–Crippen LogP) is 3.62. The highest BCUT2D eigenvalue weighted by atomic mass is 19.1. The van der Waals surface area contributed by atoms with E-state index in [1.165, 1.54) is 17.2 Å². The molecule has 1 aromatic heterocycles. The van der Waals surface area contributed by atoms with Crippen molar-refractivity contribution in [2.45, 2.75) is 13.1 Å². The molecule has 3 aromatic rings. The first kappa shape index (κ1) is 13.2. The average molecular weight is 293 g/mol. The molecule has 0 atom stereocenters.